The Labute approximate surface area is 124 Å². The fourth-order valence-electron chi connectivity index (χ4n) is 2.26. The lowest BCUT2D eigenvalue weighted by Gasteiger charge is -2.31. The predicted molar refractivity (Wildman–Crippen MR) is 77.5 cm³/mol. The van der Waals surface area contributed by atoms with Gasteiger partial charge >= 0.3 is 0 Å². The highest BCUT2D eigenvalue weighted by Crippen LogP contribution is 2.27. The standard InChI is InChI=1S/C15H24N2O4/c1-2-14(19)17-12-6-5-11(21-13(12)9-18)7-15(20)16-8-10-3-4-10/h5-6,10-13,18H,2-4,7-9H2,1H3,(H,16,20)(H,17,19)/t11-,12-,13+/m0/s1. The molecule has 2 rings (SSSR count). The van der Waals surface area contributed by atoms with Crippen molar-refractivity contribution >= 4 is 11.8 Å². The minimum Gasteiger partial charge on any atom is -0.394 e. The van der Waals surface area contributed by atoms with E-state index in [9.17, 15) is 14.7 Å². The monoisotopic (exact) mass is 296 g/mol. The van der Waals surface area contributed by atoms with Crippen LogP contribution in [0.25, 0.3) is 0 Å². The number of aliphatic hydroxyl groups is 1. The van der Waals surface area contributed by atoms with Crippen LogP contribution in [-0.4, -0.2) is 48.3 Å². The van der Waals surface area contributed by atoms with Crippen molar-refractivity contribution in [3.63, 3.8) is 0 Å². The molecular formula is C15H24N2O4. The van der Waals surface area contributed by atoms with Gasteiger partial charge in [0.05, 0.1) is 25.2 Å². The van der Waals surface area contributed by atoms with Crippen molar-refractivity contribution in [1.29, 1.82) is 0 Å². The van der Waals surface area contributed by atoms with Crippen LogP contribution in [-0.2, 0) is 14.3 Å². The highest BCUT2D eigenvalue weighted by molar-refractivity contribution is 5.77. The minimum atomic E-state index is -0.508. The van der Waals surface area contributed by atoms with Crippen molar-refractivity contribution in [3.8, 4) is 0 Å². The summed E-state index contributed by atoms with van der Waals surface area (Å²) in [6.07, 6.45) is 5.75. The van der Waals surface area contributed by atoms with Crippen molar-refractivity contribution in [2.75, 3.05) is 13.2 Å². The summed E-state index contributed by atoms with van der Waals surface area (Å²) in [7, 11) is 0. The fourth-order valence-corrected chi connectivity index (χ4v) is 2.26. The highest BCUT2D eigenvalue weighted by atomic mass is 16.5. The van der Waals surface area contributed by atoms with Crippen LogP contribution in [0.2, 0.25) is 0 Å². The number of amides is 2. The van der Waals surface area contributed by atoms with Gasteiger partial charge in [0.2, 0.25) is 11.8 Å². The predicted octanol–water partition coefficient (Wildman–Crippen LogP) is 0.113. The van der Waals surface area contributed by atoms with Gasteiger partial charge in [-0.05, 0) is 18.8 Å². The number of hydrogen-bond donors (Lipinski definition) is 3. The molecular weight excluding hydrogens is 272 g/mol. The molecule has 1 fully saturated rings. The van der Waals surface area contributed by atoms with E-state index in [1.807, 2.05) is 0 Å². The molecule has 1 heterocycles. The second kappa shape index (κ2) is 7.56. The zero-order chi connectivity index (χ0) is 15.2. The largest absolute Gasteiger partial charge is 0.394 e. The maximum Gasteiger partial charge on any atom is 0.222 e. The van der Waals surface area contributed by atoms with Gasteiger partial charge in [0, 0.05) is 13.0 Å². The zero-order valence-electron chi connectivity index (χ0n) is 12.4. The van der Waals surface area contributed by atoms with Crippen LogP contribution in [0.4, 0.5) is 0 Å². The molecule has 0 aromatic rings. The van der Waals surface area contributed by atoms with E-state index in [-0.39, 0.29) is 37.0 Å². The SMILES string of the molecule is CCC(=O)N[C@H]1C=C[C@@H](CC(=O)NCC2CC2)O[C@@H]1CO. The van der Waals surface area contributed by atoms with Crippen molar-refractivity contribution in [2.45, 2.75) is 50.9 Å². The maximum absolute atomic E-state index is 11.8. The molecule has 0 aromatic carbocycles. The molecule has 118 valence electrons. The van der Waals surface area contributed by atoms with Gasteiger partial charge in [-0.3, -0.25) is 9.59 Å². The Morgan fingerprint density at radius 1 is 1.29 bits per heavy atom. The Hall–Kier alpha value is -1.40. The number of hydrogen-bond acceptors (Lipinski definition) is 4. The second-order valence-electron chi connectivity index (χ2n) is 5.68. The third-order valence-electron chi connectivity index (χ3n) is 3.78. The average Bonchev–Trinajstić information content (AvgIpc) is 3.30. The van der Waals surface area contributed by atoms with Crippen molar-refractivity contribution < 1.29 is 19.4 Å². The van der Waals surface area contributed by atoms with Crippen LogP contribution < -0.4 is 10.6 Å². The summed E-state index contributed by atoms with van der Waals surface area (Å²) in [5, 5.41) is 15.0. The van der Waals surface area contributed by atoms with Gasteiger partial charge in [0.1, 0.15) is 6.10 Å². The lowest BCUT2D eigenvalue weighted by atomic mass is 10.0. The summed E-state index contributed by atoms with van der Waals surface area (Å²) in [5.74, 6) is 0.521. The quantitative estimate of drug-likeness (QED) is 0.582. The lowest BCUT2D eigenvalue weighted by molar-refractivity contribution is -0.128. The summed E-state index contributed by atoms with van der Waals surface area (Å²) in [5.41, 5.74) is 0. The Morgan fingerprint density at radius 2 is 2.05 bits per heavy atom. The van der Waals surface area contributed by atoms with Gasteiger partial charge in [-0.25, -0.2) is 0 Å². The van der Waals surface area contributed by atoms with E-state index < -0.39 is 6.10 Å². The van der Waals surface area contributed by atoms with Crippen LogP contribution >= 0.6 is 0 Å². The van der Waals surface area contributed by atoms with Crippen LogP contribution in [0.3, 0.4) is 0 Å². The smallest absolute Gasteiger partial charge is 0.222 e. The molecule has 0 bridgehead atoms. The van der Waals surface area contributed by atoms with E-state index in [1.54, 1.807) is 19.1 Å². The third kappa shape index (κ3) is 5.13. The maximum atomic E-state index is 11.8. The Balaban J connectivity index is 1.80. The Kier molecular flexibility index (Phi) is 5.76. The molecule has 6 nitrogen and oxygen atoms in total. The highest BCUT2D eigenvalue weighted by Gasteiger charge is 2.29. The molecule has 21 heavy (non-hydrogen) atoms. The van der Waals surface area contributed by atoms with E-state index in [0.717, 1.165) is 6.54 Å². The van der Waals surface area contributed by atoms with Crippen LogP contribution in [0.1, 0.15) is 32.6 Å². The van der Waals surface area contributed by atoms with Gasteiger partial charge in [-0.15, -0.1) is 0 Å². The van der Waals surface area contributed by atoms with Crippen molar-refractivity contribution in [3.05, 3.63) is 12.2 Å². The molecule has 0 radical (unpaired) electrons. The molecule has 0 spiro atoms. The summed E-state index contributed by atoms with van der Waals surface area (Å²) in [6, 6.07) is -0.340. The van der Waals surface area contributed by atoms with E-state index >= 15 is 0 Å². The van der Waals surface area contributed by atoms with Crippen LogP contribution in [0.15, 0.2) is 12.2 Å². The zero-order valence-corrected chi connectivity index (χ0v) is 12.4. The van der Waals surface area contributed by atoms with Gasteiger partial charge in [-0.1, -0.05) is 19.1 Å². The first-order chi connectivity index (χ1) is 10.1. The lowest BCUT2D eigenvalue weighted by Crippen LogP contribution is -2.49. The van der Waals surface area contributed by atoms with E-state index in [2.05, 4.69) is 10.6 Å². The molecule has 2 aliphatic rings. The molecule has 0 unspecified atom stereocenters. The molecule has 1 aliphatic heterocycles. The number of carbonyl (C=O) groups is 2. The molecule has 0 saturated heterocycles. The number of rotatable bonds is 7. The number of ether oxygens (including phenoxy) is 1. The average molecular weight is 296 g/mol. The third-order valence-corrected chi connectivity index (χ3v) is 3.78. The summed E-state index contributed by atoms with van der Waals surface area (Å²) in [4.78, 5) is 23.2. The van der Waals surface area contributed by atoms with E-state index in [0.29, 0.717) is 12.3 Å². The molecule has 2 amide bonds. The normalized spacial score (nSPS) is 28.2. The van der Waals surface area contributed by atoms with Gasteiger partial charge in [0.15, 0.2) is 0 Å². The van der Waals surface area contributed by atoms with Crippen LogP contribution in [0.5, 0.6) is 0 Å². The van der Waals surface area contributed by atoms with E-state index in [1.165, 1.54) is 12.8 Å². The first-order valence-electron chi connectivity index (χ1n) is 7.63. The molecule has 1 aliphatic carbocycles. The molecule has 3 atom stereocenters. The minimum absolute atomic E-state index is 0.0377. The number of carbonyl (C=O) groups excluding carboxylic acids is 2. The molecule has 6 heteroatoms. The second-order valence-corrected chi connectivity index (χ2v) is 5.68. The molecule has 0 aromatic heterocycles. The van der Waals surface area contributed by atoms with Crippen molar-refractivity contribution in [2.24, 2.45) is 5.92 Å². The van der Waals surface area contributed by atoms with Gasteiger partial charge < -0.3 is 20.5 Å². The Bertz CT molecular complexity index is 406. The summed E-state index contributed by atoms with van der Waals surface area (Å²) in [6.45, 7) is 2.32. The van der Waals surface area contributed by atoms with Crippen molar-refractivity contribution in [1.82, 2.24) is 10.6 Å². The summed E-state index contributed by atoms with van der Waals surface area (Å²) < 4.78 is 5.67. The number of nitrogens with one attached hydrogen (secondary N) is 2. The number of aliphatic hydroxyl groups excluding tert-OH is 1. The molecule has 1 saturated carbocycles. The molecule has 3 N–H and O–H groups in total. The fraction of sp³-hybridized carbons (Fsp3) is 0.733. The van der Waals surface area contributed by atoms with Crippen LogP contribution in [0, 0.1) is 5.92 Å². The first-order valence-corrected chi connectivity index (χ1v) is 7.63. The van der Waals surface area contributed by atoms with E-state index in [4.69, 9.17) is 4.74 Å². The topological polar surface area (TPSA) is 87.7 Å². The first kappa shape index (κ1) is 16.0. The van der Waals surface area contributed by atoms with Gasteiger partial charge in [0.25, 0.3) is 0 Å². The Morgan fingerprint density at radius 3 is 2.67 bits per heavy atom. The van der Waals surface area contributed by atoms with Gasteiger partial charge in [-0.2, -0.15) is 0 Å². The summed E-state index contributed by atoms with van der Waals surface area (Å²) >= 11 is 0.